The largest absolute Gasteiger partial charge is 0.443 e. The quantitative estimate of drug-likeness (QED) is 0.598. The van der Waals surface area contributed by atoms with Crippen molar-refractivity contribution in [2.24, 2.45) is 0 Å². The molecule has 0 aromatic rings. The Labute approximate surface area is 64.6 Å². The molecule has 0 aliphatic rings. The lowest BCUT2D eigenvalue weighted by atomic mass is 10.2. The minimum Gasteiger partial charge on any atom is -0.442 e. The Kier molecular flexibility index (Phi) is 3.36. The van der Waals surface area contributed by atoms with Crippen molar-refractivity contribution >= 4 is 12.6 Å². The van der Waals surface area contributed by atoms with Crippen LogP contribution in [0.2, 0.25) is 0 Å². The van der Waals surface area contributed by atoms with Gasteiger partial charge in [-0.2, -0.15) is 0 Å². The summed E-state index contributed by atoms with van der Waals surface area (Å²) in [6.45, 7) is 6.10. The zero-order valence-corrected chi connectivity index (χ0v) is 6.63. The summed E-state index contributed by atoms with van der Waals surface area (Å²) in [6.07, 6.45) is -0.819. The van der Waals surface area contributed by atoms with Crippen molar-refractivity contribution in [3.63, 3.8) is 0 Å². The van der Waals surface area contributed by atoms with Gasteiger partial charge in [-0.15, -0.1) is 5.48 Å². The van der Waals surface area contributed by atoms with Crippen molar-refractivity contribution in [3.05, 3.63) is 0 Å². The van der Waals surface area contributed by atoms with Crippen molar-refractivity contribution in [3.8, 4) is 0 Å². The Bertz CT molecular complexity index is 149. The van der Waals surface area contributed by atoms with Crippen LogP contribution in [0.1, 0.15) is 20.8 Å². The summed E-state index contributed by atoms with van der Waals surface area (Å²) in [6, 6.07) is 0. The molecule has 5 heteroatoms. The van der Waals surface area contributed by atoms with Crippen LogP contribution in [0.25, 0.3) is 0 Å². The van der Waals surface area contributed by atoms with Gasteiger partial charge in [0, 0.05) is 0 Å². The van der Waals surface area contributed by atoms with Crippen LogP contribution in [-0.2, 0) is 14.4 Å². The standard InChI is InChI=1S/C6H10NO4/c1-6(2,3)11-5(9)7-10-4-8/h1-3H3,(H,7,9). The molecule has 0 unspecified atom stereocenters. The number of ether oxygens (including phenoxy) is 1. The summed E-state index contributed by atoms with van der Waals surface area (Å²) in [4.78, 5) is 23.8. The van der Waals surface area contributed by atoms with Crippen LogP contribution in [0, 0.1) is 0 Å². The predicted octanol–water partition coefficient (Wildman–Crippen LogP) is 0.510. The number of hydrogen-bond donors (Lipinski definition) is 1. The molecule has 0 bridgehead atoms. The Morgan fingerprint density at radius 2 is 2.00 bits per heavy atom. The van der Waals surface area contributed by atoms with Crippen molar-refractivity contribution < 1.29 is 19.2 Å². The molecular weight excluding hydrogens is 150 g/mol. The van der Waals surface area contributed by atoms with Crippen LogP contribution >= 0.6 is 0 Å². The molecule has 0 aromatic carbocycles. The molecule has 0 saturated heterocycles. The highest BCUT2D eigenvalue weighted by Crippen LogP contribution is 2.05. The van der Waals surface area contributed by atoms with Gasteiger partial charge in [-0.25, -0.2) is 9.59 Å². The van der Waals surface area contributed by atoms with Crippen molar-refractivity contribution in [2.45, 2.75) is 26.4 Å². The molecular formula is C6H10NO4. The molecule has 0 heterocycles. The van der Waals surface area contributed by atoms with Gasteiger partial charge in [0.05, 0.1) is 0 Å². The van der Waals surface area contributed by atoms with E-state index >= 15 is 0 Å². The first-order valence-corrected chi connectivity index (χ1v) is 2.97. The van der Waals surface area contributed by atoms with E-state index in [1.54, 1.807) is 26.3 Å². The molecule has 0 aliphatic heterocycles. The zero-order chi connectivity index (χ0) is 8.91. The molecule has 0 aliphatic carbocycles. The lowest BCUT2D eigenvalue weighted by Gasteiger charge is -2.18. The summed E-state index contributed by atoms with van der Waals surface area (Å²) in [7, 11) is 0. The first-order valence-electron chi connectivity index (χ1n) is 2.97. The van der Waals surface area contributed by atoms with Gasteiger partial charge in [-0.05, 0) is 20.8 Å². The second-order valence-corrected chi connectivity index (χ2v) is 2.79. The third kappa shape index (κ3) is 6.63. The molecule has 1 radical (unpaired) electrons. The summed E-state index contributed by atoms with van der Waals surface area (Å²) in [5.41, 5.74) is 1.10. The van der Waals surface area contributed by atoms with E-state index in [-0.39, 0.29) is 0 Å². The van der Waals surface area contributed by atoms with Crippen LogP contribution in [-0.4, -0.2) is 18.2 Å². The van der Waals surface area contributed by atoms with Gasteiger partial charge in [-0.1, -0.05) is 0 Å². The molecule has 0 aromatic heterocycles. The van der Waals surface area contributed by atoms with E-state index in [1.165, 1.54) is 0 Å². The van der Waals surface area contributed by atoms with Gasteiger partial charge in [-0.3, -0.25) is 0 Å². The predicted molar refractivity (Wildman–Crippen MR) is 36.1 cm³/mol. The first-order chi connectivity index (χ1) is 4.95. The molecule has 0 fully saturated rings. The third-order valence-corrected chi connectivity index (χ3v) is 0.575. The second kappa shape index (κ2) is 3.80. The summed E-state index contributed by atoms with van der Waals surface area (Å²) in [5.74, 6) is 0. The van der Waals surface area contributed by atoms with E-state index in [0.29, 0.717) is 0 Å². The Hall–Kier alpha value is -1.26. The SMILES string of the molecule is CC(C)(C)OC(=O)NO[C]=O. The van der Waals surface area contributed by atoms with Crippen LogP contribution in [0.4, 0.5) is 4.79 Å². The summed E-state index contributed by atoms with van der Waals surface area (Å²) in [5, 5.41) is 0. The number of carbonyl (C=O) groups is 1. The van der Waals surface area contributed by atoms with E-state index in [9.17, 15) is 9.59 Å². The highest BCUT2D eigenvalue weighted by molar-refractivity contribution is 5.67. The zero-order valence-electron chi connectivity index (χ0n) is 6.63. The summed E-state index contributed by atoms with van der Waals surface area (Å²) >= 11 is 0. The highest BCUT2D eigenvalue weighted by Gasteiger charge is 2.15. The van der Waals surface area contributed by atoms with Gasteiger partial charge in [0.15, 0.2) is 0 Å². The number of carbonyl (C=O) groups excluding carboxylic acids is 2. The van der Waals surface area contributed by atoms with E-state index in [4.69, 9.17) is 0 Å². The average Bonchev–Trinajstić information content (AvgIpc) is 1.79. The van der Waals surface area contributed by atoms with Crippen molar-refractivity contribution in [2.75, 3.05) is 0 Å². The maximum Gasteiger partial charge on any atom is 0.443 e. The number of hydroxylamine groups is 1. The monoisotopic (exact) mass is 160 g/mol. The van der Waals surface area contributed by atoms with Gasteiger partial charge in [0.25, 0.3) is 0 Å². The van der Waals surface area contributed by atoms with Crippen LogP contribution in [0.5, 0.6) is 0 Å². The molecule has 1 amide bonds. The molecule has 0 rings (SSSR count). The molecule has 11 heavy (non-hydrogen) atoms. The third-order valence-electron chi connectivity index (χ3n) is 0.575. The molecule has 0 spiro atoms. The highest BCUT2D eigenvalue weighted by atomic mass is 16.7. The van der Waals surface area contributed by atoms with Crippen LogP contribution in [0.15, 0.2) is 0 Å². The number of hydrogen-bond acceptors (Lipinski definition) is 4. The fourth-order valence-electron chi connectivity index (χ4n) is 0.361. The lowest BCUT2D eigenvalue weighted by molar-refractivity contribution is 0.0253. The van der Waals surface area contributed by atoms with Gasteiger partial charge in [0.1, 0.15) is 5.60 Å². The van der Waals surface area contributed by atoms with E-state index in [0.717, 1.165) is 6.47 Å². The fraction of sp³-hybridized carbons (Fsp3) is 0.667. The van der Waals surface area contributed by atoms with E-state index in [2.05, 4.69) is 9.57 Å². The van der Waals surface area contributed by atoms with Gasteiger partial charge in [0.2, 0.25) is 0 Å². The number of nitrogens with one attached hydrogen (secondary N) is 1. The van der Waals surface area contributed by atoms with E-state index in [1.807, 2.05) is 0 Å². The van der Waals surface area contributed by atoms with E-state index < -0.39 is 11.7 Å². The van der Waals surface area contributed by atoms with Crippen LogP contribution < -0.4 is 5.48 Å². The molecule has 0 saturated carbocycles. The Morgan fingerprint density at radius 3 is 2.36 bits per heavy atom. The molecule has 1 N–H and O–H groups in total. The average molecular weight is 160 g/mol. The number of rotatable bonds is 2. The first kappa shape index (κ1) is 9.74. The lowest BCUT2D eigenvalue weighted by Crippen LogP contribution is -2.32. The molecule has 5 nitrogen and oxygen atoms in total. The Morgan fingerprint density at radius 1 is 1.45 bits per heavy atom. The minimum absolute atomic E-state index is 0.601. The minimum atomic E-state index is -0.819. The smallest absolute Gasteiger partial charge is 0.442 e. The normalized spacial score (nSPS) is 10.1. The Balaban J connectivity index is 3.61. The van der Waals surface area contributed by atoms with Gasteiger partial charge >= 0.3 is 12.6 Å². The number of amides is 1. The maximum absolute atomic E-state index is 10.6. The second-order valence-electron chi connectivity index (χ2n) is 2.79. The fourth-order valence-corrected chi connectivity index (χ4v) is 0.361. The van der Waals surface area contributed by atoms with Crippen LogP contribution in [0.3, 0.4) is 0 Å². The molecule has 0 atom stereocenters. The molecule has 63 valence electrons. The van der Waals surface area contributed by atoms with Crippen molar-refractivity contribution in [1.82, 2.24) is 5.48 Å². The summed E-state index contributed by atoms with van der Waals surface area (Å²) < 4.78 is 4.69. The maximum atomic E-state index is 10.6. The topological polar surface area (TPSA) is 64.6 Å². The van der Waals surface area contributed by atoms with Crippen molar-refractivity contribution in [1.29, 1.82) is 0 Å². The van der Waals surface area contributed by atoms with Gasteiger partial charge < -0.3 is 9.57 Å².